The monoisotopic (exact) mass is 1100 g/mol. The molecule has 0 aromatic carbocycles. The Morgan fingerprint density at radius 3 is 1.21 bits per heavy atom. The Labute approximate surface area is 458 Å². The predicted octanol–water partition coefficient (Wildman–Crippen LogP) is 4.73. The van der Waals surface area contributed by atoms with Crippen LogP contribution in [0.15, 0.2) is 0 Å². The van der Waals surface area contributed by atoms with E-state index in [1.807, 2.05) is 6.92 Å². The van der Waals surface area contributed by atoms with Gasteiger partial charge < -0.3 is 70.5 Å². The minimum atomic E-state index is -1.20. The zero-order valence-corrected chi connectivity index (χ0v) is 46.7. The van der Waals surface area contributed by atoms with E-state index in [2.05, 4.69) is 31.9 Å². The number of ether oxygens (including phenoxy) is 6. The van der Waals surface area contributed by atoms with Crippen molar-refractivity contribution in [1.29, 1.82) is 0 Å². The molecule has 0 aromatic rings. The summed E-state index contributed by atoms with van der Waals surface area (Å²) in [7, 11) is 0. The van der Waals surface area contributed by atoms with Crippen molar-refractivity contribution in [3.63, 3.8) is 0 Å². The van der Waals surface area contributed by atoms with Gasteiger partial charge in [-0.3, -0.25) is 33.6 Å². The van der Waals surface area contributed by atoms with Gasteiger partial charge in [-0.05, 0) is 57.3 Å². The second kappa shape index (κ2) is 51.0. The van der Waals surface area contributed by atoms with Crippen LogP contribution in [0.5, 0.6) is 0 Å². The summed E-state index contributed by atoms with van der Waals surface area (Å²) >= 11 is 0. The van der Waals surface area contributed by atoms with Gasteiger partial charge in [-0.1, -0.05) is 103 Å². The average molecular weight is 1100 g/mol. The third-order valence-corrected chi connectivity index (χ3v) is 13.0. The summed E-state index contributed by atoms with van der Waals surface area (Å²) in [6.45, 7) is 5.76. The van der Waals surface area contributed by atoms with E-state index < -0.39 is 18.0 Å². The van der Waals surface area contributed by atoms with E-state index in [1.54, 1.807) is 0 Å². The first kappa shape index (κ1) is 70.5. The van der Waals surface area contributed by atoms with Crippen molar-refractivity contribution in [2.45, 2.75) is 180 Å². The highest BCUT2D eigenvalue weighted by atomic mass is 16.5. The summed E-state index contributed by atoms with van der Waals surface area (Å²) in [5.74, 6) is -3.35. The van der Waals surface area contributed by atoms with E-state index >= 15 is 0 Å². The zero-order valence-electron chi connectivity index (χ0n) is 46.7. The number of amides is 6. The molecule has 0 spiro atoms. The third-order valence-electron chi connectivity index (χ3n) is 13.0. The van der Waals surface area contributed by atoms with Crippen molar-refractivity contribution in [1.82, 2.24) is 31.9 Å². The molecule has 1 fully saturated rings. The van der Waals surface area contributed by atoms with Crippen LogP contribution in [0.1, 0.15) is 174 Å². The molecule has 8 N–H and O–H groups in total. The molecule has 77 heavy (non-hydrogen) atoms. The fourth-order valence-corrected chi connectivity index (χ4v) is 8.42. The molecule has 1 aliphatic carbocycles. The van der Waals surface area contributed by atoms with Crippen LogP contribution in [0, 0.1) is 11.8 Å². The van der Waals surface area contributed by atoms with Crippen molar-refractivity contribution in [3.05, 3.63) is 0 Å². The van der Waals surface area contributed by atoms with Gasteiger partial charge in [0.15, 0.2) is 0 Å². The lowest BCUT2D eigenvalue weighted by Gasteiger charge is -2.28. The predicted molar refractivity (Wildman–Crippen MR) is 290 cm³/mol. The van der Waals surface area contributed by atoms with Gasteiger partial charge in [0.1, 0.15) is 25.9 Å². The largest absolute Gasteiger partial charge is 0.481 e. The smallest absolute Gasteiger partial charge is 0.326 e. The van der Waals surface area contributed by atoms with Crippen LogP contribution in [0.2, 0.25) is 0 Å². The van der Waals surface area contributed by atoms with Crippen LogP contribution in [0.25, 0.3) is 0 Å². The number of rotatable bonds is 54. The Morgan fingerprint density at radius 1 is 0.416 bits per heavy atom. The molecule has 1 rings (SSSR count). The molecule has 0 radical (unpaired) electrons. The quantitative estimate of drug-likeness (QED) is 0.0382. The molecule has 1 aliphatic rings. The lowest BCUT2D eigenvalue weighted by Crippen LogP contribution is -2.45. The number of carbonyl (C=O) groups excluding carboxylic acids is 6. The van der Waals surface area contributed by atoms with Crippen LogP contribution < -0.4 is 31.9 Å². The van der Waals surface area contributed by atoms with E-state index in [4.69, 9.17) is 33.5 Å². The minimum Gasteiger partial charge on any atom is -0.481 e. The Kier molecular flexibility index (Phi) is 46.7. The molecule has 0 saturated heterocycles. The van der Waals surface area contributed by atoms with Gasteiger partial charge in [0.2, 0.25) is 35.4 Å². The van der Waals surface area contributed by atoms with Gasteiger partial charge >= 0.3 is 11.9 Å². The maximum absolute atomic E-state index is 13.0. The summed E-state index contributed by atoms with van der Waals surface area (Å²) in [5.41, 5.74) is 0. The van der Waals surface area contributed by atoms with Gasteiger partial charge in [-0.15, -0.1) is 0 Å². The van der Waals surface area contributed by atoms with E-state index in [9.17, 15) is 43.5 Å². The highest BCUT2D eigenvalue weighted by molar-refractivity contribution is 5.86. The molecule has 1 saturated carbocycles. The number of carboxylic acids is 2. The molecule has 0 unspecified atom stereocenters. The Balaban J connectivity index is 1.95. The van der Waals surface area contributed by atoms with Crippen molar-refractivity contribution in [3.8, 4) is 0 Å². The van der Waals surface area contributed by atoms with Gasteiger partial charge in [-0.25, -0.2) is 4.79 Å². The molecular formula is C55H100N6O16. The van der Waals surface area contributed by atoms with E-state index in [1.165, 1.54) is 64.2 Å². The molecule has 0 heterocycles. The molecule has 446 valence electrons. The molecule has 22 nitrogen and oxygen atoms in total. The van der Waals surface area contributed by atoms with Crippen LogP contribution >= 0.6 is 0 Å². The third kappa shape index (κ3) is 46.2. The van der Waals surface area contributed by atoms with Crippen LogP contribution in [-0.2, 0) is 66.8 Å². The summed E-state index contributed by atoms with van der Waals surface area (Å²) in [4.78, 5) is 95.7. The second-order valence-corrected chi connectivity index (χ2v) is 19.8. The number of hydrogen-bond donors (Lipinski definition) is 8. The van der Waals surface area contributed by atoms with Crippen LogP contribution in [0.4, 0.5) is 0 Å². The van der Waals surface area contributed by atoms with Crippen LogP contribution in [-0.4, -0.2) is 176 Å². The lowest BCUT2D eigenvalue weighted by atomic mass is 9.81. The highest BCUT2D eigenvalue weighted by Crippen LogP contribution is 2.29. The number of aliphatic carboxylic acids is 2. The van der Waals surface area contributed by atoms with Crippen molar-refractivity contribution in [2.75, 3.05) is 112 Å². The van der Waals surface area contributed by atoms with Crippen LogP contribution in [0.3, 0.4) is 0 Å². The number of nitrogens with one attached hydrogen (secondary N) is 6. The van der Waals surface area contributed by atoms with Gasteiger partial charge in [0.25, 0.3) is 0 Å². The van der Waals surface area contributed by atoms with E-state index in [-0.39, 0.29) is 146 Å². The number of carbonyl (C=O) groups is 8. The number of hydrogen-bond acceptors (Lipinski definition) is 14. The van der Waals surface area contributed by atoms with Gasteiger partial charge in [0.05, 0.1) is 59.5 Å². The molecule has 6 amide bonds. The standard InChI is InChI=1S/C55H100N6O16/c1-2-3-28-56-50(64)42-75-38-36-73-33-30-58-52(66)44-77-40-37-74-34-31-59-51(65)43-76-39-35-72-32-29-57-49(63)27-26-47(55(70)71)61-54(69)46-24-22-45(23-25-46)41-60-48(62)20-18-16-14-12-10-8-6-4-5-7-9-11-13-15-17-19-21-53(67)68/h45-47H,2-44H2,1H3,(H,56,64)(H,57,63)(H,58,66)(H,59,65)(H,60,62)(H,61,69)(H,67,68)(H,70,71)/t45-,46-,47-/m0/s1. The first-order valence-electron chi connectivity index (χ1n) is 29.0. The summed E-state index contributed by atoms with van der Waals surface area (Å²) in [5, 5.41) is 34.9. The summed E-state index contributed by atoms with van der Waals surface area (Å²) < 4.78 is 32.0. The highest BCUT2D eigenvalue weighted by Gasteiger charge is 2.30. The first-order valence-corrected chi connectivity index (χ1v) is 29.0. The number of carboxylic acid groups (broad SMARTS) is 2. The van der Waals surface area contributed by atoms with Crippen molar-refractivity contribution >= 4 is 47.4 Å². The fourth-order valence-electron chi connectivity index (χ4n) is 8.42. The molecule has 0 aromatic heterocycles. The lowest BCUT2D eigenvalue weighted by molar-refractivity contribution is -0.143. The van der Waals surface area contributed by atoms with Gasteiger partial charge in [0, 0.05) is 57.9 Å². The fraction of sp³-hybridized carbons (Fsp3) is 0.855. The normalized spacial score (nSPS) is 14.6. The molecular weight excluding hydrogens is 1000 g/mol. The maximum Gasteiger partial charge on any atom is 0.326 e. The Morgan fingerprint density at radius 2 is 0.792 bits per heavy atom. The molecule has 1 atom stereocenters. The van der Waals surface area contributed by atoms with E-state index in [0.717, 1.165) is 64.2 Å². The van der Waals surface area contributed by atoms with Crippen molar-refractivity contribution in [2.24, 2.45) is 11.8 Å². The Bertz CT molecular complexity index is 1570. The maximum atomic E-state index is 13.0. The topological polar surface area (TPSA) is 305 Å². The van der Waals surface area contributed by atoms with Crippen molar-refractivity contribution < 1.29 is 77.0 Å². The molecule has 22 heteroatoms. The number of unbranched alkanes of at least 4 members (excludes halogenated alkanes) is 16. The molecule has 0 aliphatic heterocycles. The Hall–Kier alpha value is -4.48. The second-order valence-electron chi connectivity index (χ2n) is 19.8. The zero-order chi connectivity index (χ0) is 56.2. The SMILES string of the molecule is CCCCNC(=O)COCCOCCNC(=O)COCCOCCNC(=O)COCCOCCNC(=O)CC[C@H](NC(=O)[C@H]1CC[C@H](CNC(=O)CCCCCCCCCCCCCCCCCCC(=O)O)CC1)C(=O)O. The molecule has 0 bridgehead atoms. The van der Waals surface area contributed by atoms with Gasteiger partial charge in [-0.2, -0.15) is 0 Å². The first-order chi connectivity index (χ1) is 37.4. The summed E-state index contributed by atoms with van der Waals surface area (Å²) in [6.07, 6.45) is 24.0. The minimum absolute atomic E-state index is 0.0131. The average Bonchev–Trinajstić information content (AvgIpc) is 3.40. The van der Waals surface area contributed by atoms with E-state index in [0.29, 0.717) is 52.1 Å². The summed E-state index contributed by atoms with van der Waals surface area (Å²) in [6, 6.07) is -1.19.